The molecule has 8 aromatic carbocycles. The van der Waals surface area contributed by atoms with Crippen LogP contribution in [0, 0.1) is 0 Å². The van der Waals surface area contributed by atoms with Gasteiger partial charge in [0.05, 0.1) is 0 Å². The molecule has 55 heavy (non-hydrogen) atoms. The van der Waals surface area contributed by atoms with E-state index in [1.54, 1.807) is 0 Å². The Morgan fingerprint density at radius 3 is 0.909 bits per heavy atom. The van der Waals surface area contributed by atoms with Crippen LogP contribution >= 0.6 is 11.3 Å². The predicted molar refractivity (Wildman–Crippen MR) is 231 cm³/mol. The fourth-order valence-electron chi connectivity index (χ4n) is 7.82. The molecule has 3 heteroatoms. The molecule has 2 nitrogen and oxygen atoms in total. The number of furan rings is 2. The van der Waals surface area contributed by atoms with Gasteiger partial charge in [0.1, 0.15) is 22.3 Å². The monoisotopic (exact) mass is 720 g/mol. The fraction of sp³-hybridized carbons (Fsp3) is 0. The van der Waals surface area contributed by atoms with Crippen molar-refractivity contribution >= 4 is 55.2 Å². The SMILES string of the molecule is c1ccc2c(c1)oc1ccc(-c3ccc(-c4ccc(-c5ccc(-c6ccc(-c7ccc(-c8ccc9oc%10ccccc%10c9c8)cc7)cc6)s5)cc4)cc3)cc12. The van der Waals surface area contributed by atoms with Gasteiger partial charge in [-0.15, -0.1) is 11.3 Å². The number of thiophene rings is 1. The summed E-state index contributed by atoms with van der Waals surface area (Å²) < 4.78 is 12.1. The van der Waals surface area contributed by atoms with Crippen LogP contribution in [0.1, 0.15) is 0 Å². The minimum absolute atomic E-state index is 0.922. The molecule has 11 rings (SSSR count). The van der Waals surface area contributed by atoms with E-state index in [0.717, 1.165) is 43.9 Å². The number of fused-ring (bicyclic) bond motifs is 6. The van der Waals surface area contributed by atoms with Gasteiger partial charge in [0.2, 0.25) is 0 Å². The summed E-state index contributed by atoms with van der Waals surface area (Å²) in [6.07, 6.45) is 0. The van der Waals surface area contributed by atoms with Crippen LogP contribution in [0.3, 0.4) is 0 Å². The summed E-state index contributed by atoms with van der Waals surface area (Å²) in [6, 6.07) is 69.4. The minimum Gasteiger partial charge on any atom is -0.456 e. The zero-order valence-electron chi connectivity index (χ0n) is 29.7. The fourth-order valence-corrected chi connectivity index (χ4v) is 8.84. The van der Waals surface area contributed by atoms with Crippen molar-refractivity contribution < 1.29 is 8.83 Å². The Balaban J connectivity index is 0.778. The zero-order chi connectivity index (χ0) is 36.3. The summed E-state index contributed by atoms with van der Waals surface area (Å²) in [6.45, 7) is 0. The highest BCUT2D eigenvalue weighted by Gasteiger charge is 2.11. The summed E-state index contributed by atoms with van der Waals surface area (Å²) in [5.74, 6) is 0. The van der Waals surface area contributed by atoms with E-state index >= 15 is 0 Å². The van der Waals surface area contributed by atoms with E-state index < -0.39 is 0 Å². The Morgan fingerprint density at radius 2 is 0.527 bits per heavy atom. The van der Waals surface area contributed by atoms with Gasteiger partial charge in [-0.1, -0.05) is 146 Å². The van der Waals surface area contributed by atoms with Gasteiger partial charge >= 0.3 is 0 Å². The quantitative estimate of drug-likeness (QED) is 0.171. The Morgan fingerprint density at radius 1 is 0.236 bits per heavy atom. The Kier molecular flexibility index (Phi) is 7.39. The molecule has 11 aromatic rings. The minimum atomic E-state index is 0.922. The first kappa shape index (κ1) is 31.6. The van der Waals surface area contributed by atoms with E-state index in [1.165, 1.54) is 65.4 Å². The number of para-hydroxylation sites is 2. The van der Waals surface area contributed by atoms with E-state index in [9.17, 15) is 0 Å². The van der Waals surface area contributed by atoms with E-state index in [1.807, 2.05) is 35.6 Å². The van der Waals surface area contributed by atoms with Crippen LogP contribution in [0.5, 0.6) is 0 Å². The lowest BCUT2D eigenvalue weighted by Gasteiger charge is -2.07. The highest BCUT2D eigenvalue weighted by molar-refractivity contribution is 7.18. The standard InChI is InChI=1S/C52H32O2S/c1-3-7-47-43(5-1)45-31-41(25-27-49(45)53-47)37-13-9-33(10-14-37)35-17-21-39(22-18-35)51-29-30-52(55-51)40-23-19-36(20-24-40)34-11-15-38(16-12-34)42-26-28-50-46(32-42)44-6-2-4-8-48(44)54-50/h1-32H. The van der Waals surface area contributed by atoms with Crippen LogP contribution in [0.2, 0.25) is 0 Å². The molecule has 0 bridgehead atoms. The second-order valence-electron chi connectivity index (χ2n) is 14.1. The molecular weight excluding hydrogens is 689 g/mol. The van der Waals surface area contributed by atoms with Crippen molar-refractivity contribution in [3.8, 4) is 65.4 Å². The third-order valence-electron chi connectivity index (χ3n) is 10.8. The van der Waals surface area contributed by atoms with Gasteiger partial charge in [-0.05, 0) is 104 Å². The van der Waals surface area contributed by atoms with Crippen LogP contribution in [0.4, 0.5) is 0 Å². The molecule has 0 aliphatic carbocycles. The van der Waals surface area contributed by atoms with Gasteiger partial charge in [0, 0.05) is 31.3 Å². The number of hydrogen-bond acceptors (Lipinski definition) is 3. The van der Waals surface area contributed by atoms with Gasteiger partial charge in [-0.25, -0.2) is 0 Å². The average molecular weight is 721 g/mol. The highest BCUT2D eigenvalue weighted by atomic mass is 32.1. The van der Waals surface area contributed by atoms with Crippen molar-refractivity contribution in [1.82, 2.24) is 0 Å². The molecule has 0 amide bonds. The largest absolute Gasteiger partial charge is 0.456 e. The molecule has 0 saturated heterocycles. The van der Waals surface area contributed by atoms with Crippen molar-refractivity contribution in [1.29, 1.82) is 0 Å². The van der Waals surface area contributed by atoms with Gasteiger partial charge < -0.3 is 8.83 Å². The maximum absolute atomic E-state index is 6.03. The van der Waals surface area contributed by atoms with E-state index in [-0.39, 0.29) is 0 Å². The average Bonchev–Trinajstić information content (AvgIpc) is 4.00. The smallest absolute Gasteiger partial charge is 0.135 e. The van der Waals surface area contributed by atoms with Gasteiger partial charge in [-0.2, -0.15) is 0 Å². The van der Waals surface area contributed by atoms with Crippen LogP contribution in [0.25, 0.3) is 109 Å². The molecule has 0 atom stereocenters. The molecule has 0 saturated carbocycles. The maximum Gasteiger partial charge on any atom is 0.135 e. The predicted octanol–water partition coefficient (Wildman–Crippen LogP) is 15.5. The highest BCUT2D eigenvalue weighted by Crippen LogP contribution is 2.38. The lowest BCUT2D eigenvalue weighted by Crippen LogP contribution is -1.81. The molecule has 0 radical (unpaired) electrons. The Bertz CT molecular complexity index is 2940. The molecule has 3 heterocycles. The van der Waals surface area contributed by atoms with Crippen LogP contribution in [-0.2, 0) is 0 Å². The summed E-state index contributed by atoms with van der Waals surface area (Å²) in [4.78, 5) is 2.53. The summed E-state index contributed by atoms with van der Waals surface area (Å²) in [7, 11) is 0. The van der Waals surface area contributed by atoms with Crippen molar-refractivity contribution in [3.63, 3.8) is 0 Å². The molecule has 0 aliphatic rings. The Labute approximate surface area is 322 Å². The lowest BCUT2D eigenvalue weighted by molar-refractivity contribution is 0.668. The molecule has 0 fully saturated rings. The number of hydrogen-bond donors (Lipinski definition) is 0. The molecular formula is C52H32O2S. The van der Waals surface area contributed by atoms with Gasteiger partial charge in [0.25, 0.3) is 0 Å². The van der Waals surface area contributed by atoms with Crippen LogP contribution in [0.15, 0.2) is 203 Å². The van der Waals surface area contributed by atoms with E-state index in [0.29, 0.717) is 0 Å². The normalized spacial score (nSPS) is 11.6. The van der Waals surface area contributed by atoms with Gasteiger partial charge in [0.15, 0.2) is 0 Å². The summed E-state index contributed by atoms with van der Waals surface area (Å²) >= 11 is 1.83. The van der Waals surface area contributed by atoms with Crippen molar-refractivity contribution in [2.45, 2.75) is 0 Å². The van der Waals surface area contributed by atoms with Crippen molar-refractivity contribution in [2.75, 3.05) is 0 Å². The van der Waals surface area contributed by atoms with Crippen molar-refractivity contribution in [3.05, 3.63) is 194 Å². The first-order valence-corrected chi connectivity index (χ1v) is 19.4. The second-order valence-corrected chi connectivity index (χ2v) is 15.2. The van der Waals surface area contributed by atoms with E-state index in [4.69, 9.17) is 8.83 Å². The molecule has 0 unspecified atom stereocenters. The first-order chi connectivity index (χ1) is 27.2. The summed E-state index contributed by atoms with van der Waals surface area (Å²) in [5, 5.41) is 4.61. The second kappa shape index (κ2) is 12.9. The zero-order valence-corrected chi connectivity index (χ0v) is 30.5. The molecule has 0 aliphatic heterocycles. The Hall–Kier alpha value is -6.94. The molecule has 0 spiro atoms. The molecule has 258 valence electrons. The third-order valence-corrected chi connectivity index (χ3v) is 12.0. The number of benzene rings is 8. The molecule has 3 aromatic heterocycles. The third kappa shape index (κ3) is 5.65. The lowest BCUT2D eigenvalue weighted by atomic mass is 9.98. The topological polar surface area (TPSA) is 26.3 Å². The summed E-state index contributed by atoms with van der Waals surface area (Å²) in [5.41, 5.74) is 15.7. The first-order valence-electron chi connectivity index (χ1n) is 18.6. The van der Waals surface area contributed by atoms with Crippen molar-refractivity contribution in [2.24, 2.45) is 0 Å². The van der Waals surface area contributed by atoms with Gasteiger partial charge in [-0.3, -0.25) is 0 Å². The maximum atomic E-state index is 6.03. The van der Waals surface area contributed by atoms with Crippen LogP contribution in [-0.4, -0.2) is 0 Å². The van der Waals surface area contributed by atoms with E-state index in [2.05, 4.69) is 170 Å². The molecule has 0 N–H and O–H groups in total. The van der Waals surface area contributed by atoms with Crippen LogP contribution < -0.4 is 0 Å². The number of rotatable bonds is 6.